The minimum atomic E-state index is -0.263. The summed E-state index contributed by atoms with van der Waals surface area (Å²) in [5.41, 5.74) is 1.60. The third-order valence-electron chi connectivity index (χ3n) is 5.56. The van der Waals surface area contributed by atoms with Gasteiger partial charge in [-0.1, -0.05) is 0 Å². The molecule has 4 rings (SSSR count). The standard InChI is InChI=1S/C19H24N4O2S/c1-13-16(26-14(2)20-13)10-22-8-4-7-19(11-22)12-23(18(19)25)15-5-6-17(24)21(3)9-15/h5-6,9H,4,7-8,10-12H2,1-3H3. The molecule has 0 N–H and O–H groups in total. The van der Waals surface area contributed by atoms with Crippen LogP contribution in [-0.4, -0.2) is 40.0 Å². The number of hydrogen-bond donors (Lipinski definition) is 0. The fourth-order valence-electron chi connectivity index (χ4n) is 4.17. The van der Waals surface area contributed by atoms with E-state index in [0.29, 0.717) is 0 Å². The molecule has 2 saturated heterocycles. The van der Waals surface area contributed by atoms with Crippen LogP contribution in [0, 0.1) is 19.3 Å². The molecular formula is C19H24N4O2S. The zero-order valence-corrected chi connectivity index (χ0v) is 16.3. The Morgan fingerprint density at radius 3 is 2.69 bits per heavy atom. The minimum absolute atomic E-state index is 0.0597. The van der Waals surface area contributed by atoms with Crippen LogP contribution in [0.15, 0.2) is 23.1 Å². The number of aryl methyl sites for hydroxylation is 3. The molecule has 1 unspecified atom stereocenters. The predicted octanol–water partition coefficient (Wildman–Crippen LogP) is 2.09. The first-order valence-corrected chi connectivity index (χ1v) is 9.83. The molecule has 138 valence electrons. The van der Waals surface area contributed by atoms with E-state index in [1.54, 1.807) is 30.6 Å². The first-order chi connectivity index (χ1) is 12.4. The average Bonchev–Trinajstić information content (AvgIpc) is 2.92. The summed E-state index contributed by atoms with van der Waals surface area (Å²) in [6.45, 7) is 7.57. The average molecular weight is 372 g/mol. The maximum atomic E-state index is 13.0. The fourth-order valence-corrected chi connectivity index (χ4v) is 5.15. The van der Waals surface area contributed by atoms with Crippen molar-refractivity contribution in [3.63, 3.8) is 0 Å². The highest BCUT2D eigenvalue weighted by atomic mass is 32.1. The van der Waals surface area contributed by atoms with Crippen molar-refractivity contribution in [2.45, 2.75) is 33.2 Å². The Morgan fingerprint density at radius 1 is 1.23 bits per heavy atom. The molecule has 0 saturated carbocycles. The number of pyridine rings is 1. The van der Waals surface area contributed by atoms with Gasteiger partial charge >= 0.3 is 0 Å². The summed E-state index contributed by atoms with van der Waals surface area (Å²) < 4.78 is 1.52. The van der Waals surface area contributed by atoms with Crippen molar-refractivity contribution in [3.8, 4) is 0 Å². The van der Waals surface area contributed by atoms with Crippen molar-refractivity contribution in [2.24, 2.45) is 12.5 Å². The lowest BCUT2D eigenvalue weighted by Crippen LogP contribution is -2.67. The van der Waals surface area contributed by atoms with Crippen LogP contribution in [0.3, 0.4) is 0 Å². The van der Waals surface area contributed by atoms with Crippen molar-refractivity contribution >= 4 is 22.9 Å². The zero-order chi connectivity index (χ0) is 18.5. The van der Waals surface area contributed by atoms with Crippen LogP contribution in [0.25, 0.3) is 0 Å². The van der Waals surface area contributed by atoms with Crippen LogP contribution in [0.2, 0.25) is 0 Å². The molecule has 1 spiro atoms. The van der Waals surface area contributed by atoms with Gasteiger partial charge in [-0.05, 0) is 39.3 Å². The summed E-state index contributed by atoms with van der Waals surface area (Å²) in [7, 11) is 1.72. The molecule has 0 bridgehead atoms. The van der Waals surface area contributed by atoms with Crippen molar-refractivity contribution < 1.29 is 4.79 Å². The second-order valence-electron chi connectivity index (χ2n) is 7.56. The number of aromatic nitrogens is 2. The van der Waals surface area contributed by atoms with E-state index in [-0.39, 0.29) is 16.9 Å². The largest absolute Gasteiger partial charge is 0.317 e. The van der Waals surface area contributed by atoms with E-state index < -0.39 is 0 Å². The summed E-state index contributed by atoms with van der Waals surface area (Å²) >= 11 is 1.75. The smallest absolute Gasteiger partial charge is 0.250 e. The van der Waals surface area contributed by atoms with E-state index in [2.05, 4.69) is 16.8 Å². The lowest BCUT2D eigenvalue weighted by molar-refractivity contribution is -0.139. The lowest BCUT2D eigenvalue weighted by atomic mass is 9.72. The van der Waals surface area contributed by atoms with Gasteiger partial charge in [0.05, 0.1) is 21.8 Å². The number of anilines is 1. The summed E-state index contributed by atoms with van der Waals surface area (Å²) in [5, 5.41) is 1.10. The molecule has 1 atom stereocenters. The number of rotatable bonds is 3. The monoisotopic (exact) mass is 372 g/mol. The van der Waals surface area contributed by atoms with Gasteiger partial charge in [-0.3, -0.25) is 14.5 Å². The Kier molecular flexibility index (Phi) is 4.23. The molecule has 2 fully saturated rings. The summed E-state index contributed by atoms with van der Waals surface area (Å²) in [6.07, 6.45) is 3.74. The van der Waals surface area contributed by atoms with E-state index in [9.17, 15) is 9.59 Å². The molecule has 2 aliphatic rings. The van der Waals surface area contributed by atoms with Gasteiger partial charge in [0.25, 0.3) is 0 Å². The highest BCUT2D eigenvalue weighted by molar-refractivity contribution is 7.11. The highest BCUT2D eigenvalue weighted by Crippen LogP contribution is 2.43. The molecule has 4 heterocycles. The van der Waals surface area contributed by atoms with Crippen molar-refractivity contribution in [3.05, 3.63) is 44.3 Å². The van der Waals surface area contributed by atoms with E-state index >= 15 is 0 Å². The van der Waals surface area contributed by atoms with E-state index in [4.69, 9.17) is 0 Å². The Morgan fingerprint density at radius 2 is 2.04 bits per heavy atom. The Labute approximate surface area is 157 Å². The van der Waals surface area contributed by atoms with Gasteiger partial charge in [0.15, 0.2) is 0 Å². The molecule has 0 aliphatic carbocycles. The van der Waals surface area contributed by atoms with Crippen LogP contribution in [0.4, 0.5) is 5.69 Å². The number of thiazole rings is 1. The van der Waals surface area contributed by atoms with Gasteiger partial charge in [-0.15, -0.1) is 11.3 Å². The Bertz CT molecular complexity index is 919. The third kappa shape index (κ3) is 2.89. The Balaban J connectivity index is 1.47. The second-order valence-corrected chi connectivity index (χ2v) is 8.85. The molecule has 26 heavy (non-hydrogen) atoms. The zero-order valence-electron chi connectivity index (χ0n) is 15.5. The number of carbonyl (C=O) groups excluding carboxylic acids is 1. The normalized spacial score (nSPS) is 23.5. The summed E-state index contributed by atoms with van der Waals surface area (Å²) in [4.78, 5) is 34.6. The van der Waals surface area contributed by atoms with E-state index in [0.717, 1.165) is 55.4 Å². The van der Waals surface area contributed by atoms with Gasteiger partial charge in [0.2, 0.25) is 11.5 Å². The number of amides is 1. The highest BCUT2D eigenvalue weighted by Gasteiger charge is 2.54. The molecule has 0 aromatic carbocycles. The van der Waals surface area contributed by atoms with Crippen LogP contribution < -0.4 is 10.5 Å². The van der Waals surface area contributed by atoms with Crippen molar-refractivity contribution in [1.29, 1.82) is 0 Å². The number of β-lactam (4-membered cyclic amide) rings is 1. The number of carbonyl (C=O) groups is 1. The number of hydrogen-bond acceptors (Lipinski definition) is 5. The molecule has 2 aromatic rings. The molecule has 6 nitrogen and oxygen atoms in total. The molecule has 0 radical (unpaired) electrons. The van der Waals surface area contributed by atoms with Crippen molar-refractivity contribution in [2.75, 3.05) is 24.5 Å². The second kappa shape index (κ2) is 6.32. The van der Waals surface area contributed by atoms with Gasteiger partial charge in [-0.2, -0.15) is 0 Å². The molecular weight excluding hydrogens is 348 g/mol. The summed E-state index contributed by atoms with van der Waals surface area (Å²) in [6, 6.07) is 3.27. The van der Waals surface area contributed by atoms with Crippen LogP contribution >= 0.6 is 11.3 Å². The quantitative estimate of drug-likeness (QED) is 0.774. The Hall–Kier alpha value is -1.99. The van der Waals surface area contributed by atoms with E-state index in [1.807, 2.05) is 11.8 Å². The molecule has 2 aliphatic heterocycles. The molecule has 1 amide bonds. The number of piperidine rings is 1. The van der Waals surface area contributed by atoms with Crippen LogP contribution in [0.5, 0.6) is 0 Å². The first kappa shape index (κ1) is 17.4. The molecule has 2 aromatic heterocycles. The fraction of sp³-hybridized carbons (Fsp3) is 0.526. The van der Waals surface area contributed by atoms with Crippen molar-refractivity contribution in [1.82, 2.24) is 14.5 Å². The van der Waals surface area contributed by atoms with Crippen LogP contribution in [0.1, 0.15) is 28.4 Å². The van der Waals surface area contributed by atoms with Gasteiger partial charge in [0.1, 0.15) is 0 Å². The van der Waals surface area contributed by atoms with Gasteiger partial charge in [0, 0.05) is 43.8 Å². The minimum Gasteiger partial charge on any atom is -0.317 e. The maximum absolute atomic E-state index is 13.0. The first-order valence-electron chi connectivity index (χ1n) is 9.02. The summed E-state index contributed by atoms with van der Waals surface area (Å²) in [5.74, 6) is 0.193. The van der Waals surface area contributed by atoms with Gasteiger partial charge < -0.3 is 9.47 Å². The third-order valence-corrected chi connectivity index (χ3v) is 6.62. The van der Waals surface area contributed by atoms with E-state index in [1.165, 1.54) is 15.5 Å². The van der Waals surface area contributed by atoms with Crippen LogP contribution in [-0.2, 0) is 18.4 Å². The number of likely N-dealkylation sites (tertiary alicyclic amines) is 1. The predicted molar refractivity (Wildman–Crippen MR) is 103 cm³/mol. The topological polar surface area (TPSA) is 58.4 Å². The molecule has 7 heteroatoms. The lowest BCUT2D eigenvalue weighted by Gasteiger charge is -2.53. The SMILES string of the molecule is Cc1nc(C)c(CN2CCCC3(C2)CN(c2ccc(=O)n(C)c2)C3=O)s1. The van der Waals surface area contributed by atoms with Gasteiger partial charge in [-0.25, -0.2) is 4.98 Å². The number of nitrogens with zero attached hydrogens (tertiary/aromatic N) is 4. The maximum Gasteiger partial charge on any atom is 0.250 e.